The minimum Gasteiger partial charge on any atom is -0.508 e. The third kappa shape index (κ3) is 3.79. The third-order valence-electron chi connectivity index (χ3n) is 5.61. The Morgan fingerprint density at radius 1 is 1.09 bits per heavy atom. The van der Waals surface area contributed by atoms with Gasteiger partial charge in [0.15, 0.2) is 0 Å². The summed E-state index contributed by atoms with van der Waals surface area (Å²) in [6.45, 7) is 6.43. The van der Waals surface area contributed by atoms with Crippen molar-refractivity contribution in [1.29, 1.82) is 0 Å². The van der Waals surface area contributed by atoms with Gasteiger partial charge in [-0.2, -0.15) is 0 Å². The smallest absolute Gasteiger partial charge is 0.200 e. The number of aromatic hydroxyl groups is 1. The Balaban J connectivity index is 2.01. The molecule has 0 fully saturated rings. The van der Waals surface area contributed by atoms with Crippen molar-refractivity contribution < 1.29 is 29.6 Å². The Kier molecular flexibility index (Phi) is 5.16. The molecule has 2 aromatic carbocycles. The van der Waals surface area contributed by atoms with Gasteiger partial charge in [-0.25, -0.2) is 0 Å². The highest BCUT2D eigenvalue weighted by Gasteiger charge is 2.38. The lowest BCUT2D eigenvalue weighted by Crippen LogP contribution is -2.41. The second-order valence-corrected chi connectivity index (χ2v) is 9.19. The molecule has 4 N–H and O–H groups in total. The first kappa shape index (κ1) is 22.1. The minimum absolute atomic E-state index is 0.0678. The van der Waals surface area contributed by atoms with Gasteiger partial charge >= 0.3 is 0 Å². The van der Waals surface area contributed by atoms with Gasteiger partial charge in [-0.3, -0.25) is 4.79 Å². The fraction of sp³-hybridized carbons (Fsp3) is 0.320. The minimum atomic E-state index is -1.62. The summed E-state index contributed by atoms with van der Waals surface area (Å²) < 4.78 is 11.9. The van der Waals surface area contributed by atoms with Crippen LogP contribution in [0.25, 0.3) is 28.2 Å². The first-order valence-electron chi connectivity index (χ1n) is 10.3. The van der Waals surface area contributed by atoms with E-state index in [0.717, 1.165) is 0 Å². The molecular formula is C25H26O7. The Labute approximate surface area is 184 Å². The van der Waals surface area contributed by atoms with E-state index >= 15 is 0 Å². The first-order chi connectivity index (χ1) is 14.9. The Bertz CT molecular complexity index is 1260. The molecule has 168 valence electrons. The molecule has 0 radical (unpaired) electrons. The average Bonchev–Trinajstić information content (AvgIpc) is 2.71. The van der Waals surface area contributed by atoms with Crippen molar-refractivity contribution in [2.75, 3.05) is 0 Å². The number of hydrogen-bond donors (Lipinski definition) is 4. The lowest BCUT2D eigenvalue weighted by Gasteiger charge is -2.34. The lowest BCUT2D eigenvalue weighted by molar-refractivity contribution is -0.108. The molecule has 3 aromatic rings. The molecule has 2 atom stereocenters. The van der Waals surface area contributed by atoms with Crippen LogP contribution in [-0.2, 0) is 0 Å². The number of benzene rings is 2. The SMILES string of the molecule is CC1(C)C=Cc2cc3c(=O)c(-c4ccc(O)cc4)coc3c(C(O)C(O)C(C)(C)O)c2O1. The zero-order valence-corrected chi connectivity index (χ0v) is 18.3. The van der Waals surface area contributed by atoms with Crippen LogP contribution in [0.1, 0.15) is 44.9 Å². The summed E-state index contributed by atoms with van der Waals surface area (Å²) in [5, 5.41) is 41.7. The number of ether oxygens (including phenoxy) is 1. The maximum atomic E-state index is 13.4. The predicted octanol–water partition coefficient (Wildman–Crippen LogP) is 3.52. The summed E-state index contributed by atoms with van der Waals surface area (Å²) in [7, 11) is 0. The van der Waals surface area contributed by atoms with E-state index < -0.39 is 23.4 Å². The summed E-state index contributed by atoms with van der Waals surface area (Å²) in [6, 6.07) is 7.77. The molecule has 7 heteroatoms. The van der Waals surface area contributed by atoms with Crippen molar-refractivity contribution in [1.82, 2.24) is 0 Å². The van der Waals surface area contributed by atoms with Crippen molar-refractivity contribution >= 4 is 17.0 Å². The quantitative estimate of drug-likeness (QED) is 0.492. The molecule has 4 rings (SSSR count). The normalized spacial score (nSPS) is 17.0. The fourth-order valence-corrected chi connectivity index (χ4v) is 3.78. The van der Waals surface area contributed by atoms with Crippen LogP contribution in [0.3, 0.4) is 0 Å². The number of fused-ring (bicyclic) bond motifs is 2. The summed E-state index contributed by atoms with van der Waals surface area (Å²) in [6.07, 6.45) is 1.74. The summed E-state index contributed by atoms with van der Waals surface area (Å²) >= 11 is 0. The van der Waals surface area contributed by atoms with Gasteiger partial charge in [0, 0.05) is 5.56 Å². The third-order valence-corrected chi connectivity index (χ3v) is 5.61. The zero-order chi connectivity index (χ0) is 23.4. The summed E-state index contributed by atoms with van der Waals surface area (Å²) in [5.41, 5.74) is -1.11. The van der Waals surface area contributed by atoms with Crippen LogP contribution in [0.15, 0.2) is 51.9 Å². The number of aliphatic hydroxyl groups excluding tert-OH is 2. The number of hydrogen-bond acceptors (Lipinski definition) is 7. The summed E-state index contributed by atoms with van der Waals surface area (Å²) in [4.78, 5) is 13.4. The van der Waals surface area contributed by atoms with E-state index in [2.05, 4.69) is 0 Å². The van der Waals surface area contributed by atoms with Gasteiger partial charge in [0.05, 0.1) is 22.1 Å². The standard InChI is InChI=1S/C25H26O7/c1-24(2)10-9-14-11-16-19(27)17(13-5-7-15(26)8-6-13)12-31-22(16)18(21(14)32-24)20(28)23(29)25(3,4)30/h5-12,20,23,26,28-30H,1-4H3. The van der Waals surface area contributed by atoms with Crippen LogP contribution in [0.5, 0.6) is 11.5 Å². The molecule has 1 aliphatic heterocycles. The van der Waals surface area contributed by atoms with Gasteiger partial charge in [-0.15, -0.1) is 0 Å². The van der Waals surface area contributed by atoms with Crippen molar-refractivity contribution in [3.05, 3.63) is 64.0 Å². The van der Waals surface area contributed by atoms with E-state index in [0.29, 0.717) is 11.1 Å². The topological polar surface area (TPSA) is 120 Å². The van der Waals surface area contributed by atoms with E-state index in [1.54, 1.807) is 24.3 Å². The predicted molar refractivity (Wildman–Crippen MR) is 121 cm³/mol. The largest absolute Gasteiger partial charge is 0.508 e. The Morgan fingerprint density at radius 2 is 1.75 bits per heavy atom. The van der Waals surface area contributed by atoms with Crippen molar-refractivity contribution in [3.63, 3.8) is 0 Å². The molecule has 2 unspecified atom stereocenters. The number of phenols is 1. The summed E-state index contributed by atoms with van der Waals surface area (Å²) in [5.74, 6) is 0.352. The van der Waals surface area contributed by atoms with Gasteiger partial charge in [0.25, 0.3) is 0 Å². The highest BCUT2D eigenvalue weighted by atomic mass is 16.5. The molecule has 0 spiro atoms. The van der Waals surface area contributed by atoms with Crippen molar-refractivity contribution in [2.45, 2.75) is 51.1 Å². The molecule has 0 aliphatic carbocycles. The van der Waals surface area contributed by atoms with E-state index in [-0.39, 0.29) is 39.0 Å². The number of rotatable bonds is 4. The van der Waals surface area contributed by atoms with Crippen LogP contribution in [0.4, 0.5) is 0 Å². The van der Waals surface area contributed by atoms with Gasteiger partial charge in [-0.1, -0.05) is 18.2 Å². The van der Waals surface area contributed by atoms with Gasteiger partial charge in [0.1, 0.15) is 41.2 Å². The molecule has 0 bridgehead atoms. The Hall–Kier alpha value is -3.13. The highest BCUT2D eigenvalue weighted by Crippen LogP contribution is 2.43. The van der Waals surface area contributed by atoms with E-state index in [1.807, 2.05) is 19.9 Å². The first-order valence-corrected chi connectivity index (χ1v) is 10.3. The van der Waals surface area contributed by atoms with Crippen molar-refractivity contribution in [3.8, 4) is 22.6 Å². The molecule has 0 amide bonds. The average molecular weight is 438 g/mol. The molecule has 7 nitrogen and oxygen atoms in total. The van der Waals surface area contributed by atoms with E-state index in [9.17, 15) is 25.2 Å². The fourth-order valence-electron chi connectivity index (χ4n) is 3.78. The highest BCUT2D eigenvalue weighted by molar-refractivity contribution is 5.90. The molecule has 1 aromatic heterocycles. The van der Waals surface area contributed by atoms with Gasteiger partial charge < -0.3 is 29.6 Å². The van der Waals surface area contributed by atoms with Crippen LogP contribution in [0.2, 0.25) is 0 Å². The van der Waals surface area contributed by atoms with Crippen LogP contribution in [0, 0.1) is 0 Å². The van der Waals surface area contributed by atoms with Gasteiger partial charge in [-0.05, 0) is 57.5 Å². The molecule has 2 heterocycles. The number of phenolic OH excluding ortho intramolecular Hbond substituents is 1. The second-order valence-electron chi connectivity index (χ2n) is 9.19. The molecule has 0 saturated carbocycles. The molecule has 32 heavy (non-hydrogen) atoms. The maximum absolute atomic E-state index is 13.4. The maximum Gasteiger partial charge on any atom is 0.200 e. The molecule has 0 saturated heterocycles. The Morgan fingerprint density at radius 3 is 2.38 bits per heavy atom. The second kappa shape index (κ2) is 7.48. The van der Waals surface area contributed by atoms with Crippen LogP contribution >= 0.6 is 0 Å². The number of aliphatic hydroxyl groups is 3. The van der Waals surface area contributed by atoms with Crippen LogP contribution in [-0.4, -0.2) is 37.7 Å². The monoisotopic (exact) mass is 438 g/mol. The van der Waals surface area contributed by atoms with Crippen molar-refractivity contribution in [2.24, 2.45) is 0 Å². The van der Waals surface area contributed by atoms with Crippen LogP contribution < -0.4 is 10.2 Å². The zero-order valence-electron chi connectivity index (χ0n) is 18.3. The van der Waals surface area contributed by atoms with E-state index in [4.69, 9.17) is 9.15 Å². The van der Waals surface area contributed by atoms with Gasteiger partial charge in [0.2, 0.25) is 5.43 Å². The molecular weight excluding hydrogens is 412 g/mol. The molecule has 1 aliphatic rings. The van der Waals surface area contributed by atoms with E-state index in [1.165, 1.54) is 32.2 Å². The lowest BCUT2D eigenvalue weighted by atomic mass is 9.88.